The van der Waals surface area contributed by atoms with Gasteiger partial charge < -0.3 is 11.1 Å². The van der Waals surface area contributed by atoms with Crippen molar-refractivity contribution in [3.63, 3.8) is 0 Å². The second-order valence-corrected chi connectivity index (χ2v) is 6.03. The molecular formula is C13H17FN2S2. The summed E-state index contributed by atoms with van der Waals surface area (Å²) in [5.41, 5.74) is 6.55. The Labute approximate surface area is 117 Å². The molecule has 0 heterocycles. The lowest BCUT2D eigenvalue weighted by atomic mass is 10.1. The summed E-state index contributed by atoms with van der Waals surface area (Å²) < 4.78 is 13.7. The Morgan fingerprint density at radius 1 is 1.50 bits per heavy atom. The molecule has 2 unspecified atom stereocenters. The Hall–Kier alpha value is -0.810. The van der Waals surface area contributed by atoms with Gasteiger partial charge in [-0.2, -0.15) is 11.8 Å². The predicted octanol–water partition coefficient (Wildman–Crippen LogP) is 3.16. The number of nitrogens with one attached hydrogen (secondary N) is 1. The second kappa shape index (κ2) is 5.89. The number of thiocarbonyl (C=S) groups is 1. The zero-order valence-electron chi connectivity index (χ0n) is 10.3. The van der Waals surface area contributed by atoms with Gasteiger partial charge in [0.15, 0.2) is 0 Å². The first-order chi connectivity index (χ1) is 8.61. The van der Waals surface area contributed by atoms with Gasteiger partial charge in [-0.05, 0) is 37.3 Å². The van der Waals surface area contributed by atoms with E-state index in [1.165, 1.54) is 18.9 Å². The van der Waals surface area contributed by atoms with Crippen LogP contribution in [0.2, 0.25) is 0 Å². The SMILES string of the molecule is CSC1CCCC1Nc1ccc(C(N)=S)c(F)c1. The van der Waals surface area contributed by atoms with Crippen molar-refractivity contribution in [1.29, 1.82) is 0 Å². The number of thioether (sulfide) groups is 1. The summed E-state index contributed by atoms with van der Waals surface area (Å²) in [5.74, 6) is -0.355. The Morgan fingerprint density at radius 2 is 2.28 bits per heavy atom. The molecule has 1 aliphatic rings. The highest BCUT2D eigenvalue weighted by molar-refractivity contribution is 7.99. The van der Waals surface area contributed by atoms with Crippen LogP contribution in [0.1, 0.15) is 24.8 Å². The van der Waals surface area contributed by atoms with E-state index >= 15 is 0 Å². The fourth-order valence-electron chi connectivity index (χ4n) is 2.39. The molecule has 1 fully saturated rings. The molecule has 18 heavy (non-hydrogen) atoms. The highest BCUT2D eigenvalue weighted by Gasteiger charge is 2.26. The van der Waals surface area contributed by atoms with Crippen LogP contribution in [0.3, 0.4) is 0 Å². The minimum absolute atomic E-state index is 0.0990. The Morgan fingerprint density at radius 3 is 2.89 bits per heavy atom. The first-order valence-corrected chi connectivity index (χ1v) is 7.70. The minimum atomic E-state index is -0.355. The molecule has 0 aromatic heterocycles. The van der Waals surface area contributed by atoms with Gasteiger partial charge in [-0.25, -0.2) is 4.39 Å². The van der Waals surface area contributed by atoms with Crippen molar-refractivity contribution in [3.8, 4) is 0 Å². The van der Waals surface area contributed by atoms with Gasteiger partial charge in [0, 0.05) is 22.5 Å². The van der Waals surface area contributed by atoms with E-state index in [0.29, 0.717) is 16.9 Å². The van der Waals surface area contributed by atoms with Gasteiger partial charge in [-0.15, -0.1) is 0 Å². The van der Waals surface area contributed by atoms with Gasteiger partial charge >= 0.3 is 0 Å². The van der Waals surface area contributed by atoms with Crippen molar-refractivity contribution in [2.75, 3.05) is 11.6 Å². The molecule has 1 aliphatic carbocycles. The third kappa shape index (κ3) is 2.95. The molecule has 2 nitrogen and oxygen atoms in total. The average molecular weight is 284 g/mol. The van der Waals surface area contributed by atoms with Crippen molar-refractivity contribution >= 4 is 34.7 Å². The lowest BCUT2D eigenvalue weighted by Gasteiger charge is -2.20. The van der Waals surface area contributed by atoms with Crippen LogP contribution in [-0.2, 0) is 0 Å². The first kappa shape index (κ1) is 13.6. The lowest BCUT2D eigenvalue weighted by Crippen LogP contribution is -2.25. The van der Waals surface area contributed by atoms with Crippen LogP contribution in [-0.4, -0.2) is 22.5 Å². The maximum absolute atomic E-state index is 13.7. The molecule has 3 N–H and O–H groups in total. The Kier molecular flexibility index (Phi) is 4.45. The molecule has 2 rings (SSSR count). The van der Waals surface area contributed by atoms with E-state index in [4.69, 9.17) is 18.0 Å². The summed E-state index contributed by atoms with van der Waals surface area (Å²) in [6, 6.07) is 5.38. The highest BCUT2D eigenvalue weighted by atomic mass is 32.2. The van der Waals surface area contributed by atoms with Gasteiger partial charge in [-0.3, -0.25) is 0 Å². The summed E-state index contributed by atoms with van der Waals surface area (Å²) in [5, 5.41) is 4.02. The van der Waals surface area contributed by atoms with Crippen LogP contribution in [0.5, 0.6) is 0 Å². The molecule has 0 radical (unpaired) electrons. The molecule has 1 saturated carbocycles. The molecule has 0 amide bonds. The Bertz CT molecular complexity index is 451. The third-order valence-corrected chi connectivity index (χ3v) is 4.73. The normalized spacial score (nSPS) is 23.0. The van der Waals surface area contributed by atoms with Gasteiger partial charge in [-0.1, -0.05) is 18.6 Å². The maximum atomic E-state index is 13.7. The highest BCUT2D eigenvalue weighted by Crippen LogP contribution is 2.31. The number of nitrogens with two attached hydrogens (primary N) is 1. The number of hydrogen-bond donors (Lipinski definition) is 2. The van der Waals surface area contributed by atoms with Crippen LogP contribution in [0, 0.1) is 5.82 Å². The number of benzene rings is 1. The number of hydrogen-bond acceptors (Lipinski definition) is 3. The van der Waals surface area contributed by atoms with E-state index in [2.05, 4.69) is 11.6 Å². The monoisotopic (exact) mass is 284 g/mol. The number of rotatable bonds is 4. The molecule has 1 aromatic carbocycles. The van der Waals surface area contributed by atoms with Crippen LogP contribution in [0.25, 0.3) is 0 Å². The Balaban J connectivity index is 2.10. The van der Waals surface area contributed by atoms with Gasteiger partial charge in [0.25, 0.3) is 0 Å². The molecular weight excluding hydrogens is 267 g/mol. The summed E-state index contributed by atoms with van der Waals surface area (Å²) in [6.45, 7) is 0. The van der Waals surface area contributed by atoms with Crippen molar-refractivity contribution < 1.29 is 4.39 Å². The molecule has 98 valence electrons. The van der Waals surface area contributed by atoms with E-state index in [1.807, 2.05) is 17.8 Å². The largest absolute Gasteiger partial charge is 0.389 e. The van der Waals surface area contributed by atoms with E-state index in [9.17, 15) is 4.39 Å². The first-order valence-electron chi connectivity index (χ1n) is 6.00. The topological polar surface area (TPSA) is 38.0 Å². The van der Waals surface area contributed by atoms with Crippen LogP contribution >= 0.6 is 24.0 Å². The van der Waals surface area contributed by atoms with Crippen LogP contribution in [0.4, 0.5) is 10.1 Å². The average Bonchev–Trinajstić information content (AvgIpc) is 2.76. The molecule has 0 saturated heterocycles. The van der Waals surface area contributed by atoms with Crippen molar-refractivity contribution in [1.82, 2.24) is 0 Å². The molecule has 5 heteroatoms. The van der Waals surface area contributed by atoms with Gasteiger partial charge in [0.1, 0.15) is 10.8 Å². The van der Waals surface area contributed by atoms with E-state index in [1.54, 1.807) is 6.07 Å². The van der Waals surface area contributed by atoms with E-state index < -0.39 is 0 Å². The molecule has 1 aromatic rings. The van der Waals surface area contributed by atoms with Crippen LogP contribution < -0.4 is 11.1 Å². The summed E-state index contributed by atoms with van der Waals surface area (Å²) in [4.78, 5) is 0.0990. The van der Waals surface area contributed by atoms with Crippen molar-refractivity contribution in [2.45, 2.75) is 30.6 Å². The van der Waals surface area contributed by atoms with Crippen LogP contribution in [0.15, 0.2) is 18.2 Å². The van der Waals surface area contributed by atoms with E-state index in [-0.39, 0.29) is 10.8 Å². The summed E-state index contributed by atoms with van der Waals surface area (Å²) in [7, 11) is 0. The molecule has 0 aliphatic heterocycles. The molecule has 0 spiro atoms. The zero-order valence-corrected chi connectivity index (χ0v) is 11.9. The predicted molar refractivity (Wildman–Crippen MR) is 80.9 cm³/mol. The summed E-state index contributed by atoms with van der Waals surface area (Å²) >= 11 is 6.66. The third-order valence-electron chi connectivity index (χ3n) is 3.34. The van der Waals surface area contributed by atoms with Crippen molar-refractivity contribution in [2.24, 2.45) is 5.73 Å². The molecule has 0 bridgehead atoms. The standard InChI is InChI=1S/C13H17FN2S2/c1-18-12-4-2-3-11(12)16-8-5-6-9(13(15)17)10(14)7-8/h5-7,11-12,16H,2-4H2,1H3,(H2,15,17). The summed E-state index contributed by atoms with van der Waals surface area (Å²) in [6.07, 6.45) is 5.73. The fraction of sp³-hybridized carbons (Fsp3) is 0.462. The zero-order chi connectivity index (χ0) is 13.1. The number of halogens is 1. The quantitative estimate of drug-likeness (QED) is 0.833. The van der Waals surface area contributed by atoms with Gasteiger partial charge in [0.05, 0.1) is 0 Å². The smallest absolute Gasteiger partial charge is 0.135 e. The van der Waals surface area contributed by atoms with Gasteiger partial charge in [0.2, 0.25) is 0 Å². The van der Waals surface area contributed by atoms with Crippen molar-refractivity contribution in [3.05, 3.63) is 29.6 Å². The second-order valence-electron chi connectivity index (χ2n) is 4.51. The molecule has 2 atom stereocenters. The minimum Gasteiger partial charge on any atom is -0.389 e. The maximum Gasteiger partial charge on any atom is 0.135 e. The number of anilines is 1. The van der Waals surface area contributed by atoms with E-state index in [0.717, 1.165) is 12.1 Å². The lowest BCUT2D eigenvalue weighted by molar-refractivity contribution is 0.625. The fourth-order valence-corrected chi connectivity index (χ4v) is 3.49.